The van der Waals surface area contributed by atoms with Crippen molar-refractivity contribution >= 4 is 29.2 Å². The monoisotopic (exact) mass is 385 g/mol. The fourth-order valence-corrected chi connectivity index (χ4v) is 3.00. The van der Waals surface area contributed by atoms with E-state index in [-0.39, 0.29) is 12.0 Å². The lowest BCUT2D eigenvalue weighted by atomic mass is 10.1. The molecule has 27 heavy (non-hydrogen) atoms. The van der Waals surface area contributed by atoms with Gasteiger partial charge in [-0.3, -0.25) is 10.1 Å². The average molecular weight is 386 g/mol. The summed E-state index contributed by atoms with van der Waals surface area (Å²) in [7, 11) is 0. The van der Waals surface area contributed by atoms with Crippen molar-refractivity contribution in [2.75, 3.05) is 18.5 Å². The van der Waals surface area contributed by atoms with E-state index in [4.69, 9.17) is 16.3 Å². The van der Waals surface area contributed by atoms with E-state index in [2.05, 4.69) is 21.7 Å². The molecule has 0 spiro atoms. The number of nitrogens with one attached hydrogen (secondary N) is 2. The fraction of sp³-hybridized carbons (Fsp3) is 0.333. The van der Waals surface area contributed by atoms with Crippen molar-refractivity contribution in [2.24, 2.45) is 4.99 Å². The summed E-state index contributed by atoms with van der Waals surface area (Å²) >= 11 is 5.90. The Morgan fingerprint density at radius 1 is 1.22 bits per heavy atom. The van der Waals surface area contributed by atoms with Crippen molar-refractivity contribution in [2.45, 2.75) is 32.8 Å². The van der Waals surface area contributed by atoms with Crippen LogP contribution in [0.1, 0.15) is 34.3 Å². The van der Waals surface area contributed by atoms with Gasteiger partial charge in [-0.05, 0) is 68.1 Å². The number of ether oxygens (including phenoxy) is 1. The number of halogens is 1. The molecule has 0 radical (unpaired) electrons. The highest BCUT2D eigenvalue weighted by molar-refractivity contribution is 6.30. The van der Waals surface area contributed by atoms with Gasteiger partial charge in [0.15, 0.2) is 0 Å². The van der Waals surface area contributed by atoms with Gasteiger partial charge in [0.2, 0.25) is 5.96 Å². The second-order valence-corrected chi connectivity index (χ2v) is 7.17. The molecule has 1 aliphatic rings. The van der Waals surface area contributed by atoms with E-state index < -0.39 is 0 Å². The first kappa shape index (κ1) is 19.4. The van der Waals surface area contributed by atoms with Gasteiger partial charge >= 0.3 is 0 Å². The van der Waals surface area contributed by atoms with Gasteiger partial charge in [0.25, 0.3) is 5.91 Å². The lowest BCUT2D eigenvalue weighted by molar-refractivity contribution is 0.0975. The molecule has 1 fully saturated rings. The van der Waals surface area contributed by atoms with Crippen LogP contribution in [0.15, 0.2) is 47.5 Å². The summed E-state index contributed by atoms with van der Waals surface area (Å²) in [6.07, 6.45) is 2.15. The van der Waals surface area contributed by atoms with Crippen molar-refractivity contribution in [1.29, 1.82) is 0 Å². The Labute approximate surface area is 164 Å². The maximum absolute atomic E-state index is 12.6. The molecule has 0 aromatic heterocycles. The van der Waals surface area contributed by atoms with Gasteiger partial charge in [-0.25, -0.2) is 4.99 Å². The molecule has 1 saturated heterocycles. The standard InChI is InChI=1S/C21H24ClN3O2/c1-14-5-6-15(2)19(12-14)24-21(23-13-18-4-3-11-27-18)25-20(26)16-7-9-17(22)10-8-16/h5-10,12,18H,3-4,11,13H2,1-2H3,(H2,23,24,25,26)/t18-/m0/s1. The lowest BCUT2D eigenvalue weighted by Crippen LogP contribution is -2.37. The molecule has 0 unspecified atom stereocenters. The molecule has 6 heteroatoms. The highest BCUT2D eigenvalue weighted by atomic mass is 35.5. The maximum Gasteiger partial charge on any atom is 0.257 e. The SMILES string of the molecule is Cc1ccc(C)c(NC(=NC[C@@H]2CCCO2)NC(=O)c2ccc(Cl)cc2)c1. The predicted molar refractivity (Wildman–Crippen MR) is 110 cm³/mol. The third-order valence-electron chi connectivity index (χ3n) is 4.46. The minimum Gasteiger partial charge on any atom is -0.376 e. The summed E-state index contributed by atoms with van der Waals surface area (Å²) in [5.74, 6) is 0.176. The van der Waals surface area contributed by atoms with Crippen molar-refractivity contribution in [1.82, 2.24) is 5.32 Å². The van der Waals surface area contributed by atoms with E-state index in [1.807, 2.05) is 26.0 Å². The Bertz CT molecular complexity index is 828. The molecule has 1 amide bonds. The van der Waals surface area contributed by atoms with Gasteiger partial charge in [-0.2, -0.15) is 0 Å². The van der Waals surface area contributed by atoms with Crippen LogP contribution in [0.4, 0.5) is 5.69 Å². The van der Waals surface area contributed by atoms with Gasteiger partial charge in [0.05, 0.1) is 12.6 Å². The van der Waals surface area contributed by atoms with Crippen LogP contribution < -0.4 is 10.6 Å². The number of carbonyl (C=O) groups is 1. The van der Waals surface area contributed by atoms with Crippen molar-refractivity contribution < 1.29 is 9.53 Å². The molecule has 5 nitrogen and oxygen atoms in total. The van der Waals surface area contributed by atoms with Crippen LogP contribution in [-0.2, 0) is 4.74 Å². The van der Waals surface area contributed by atoms with Gasteiger partial charge in [0.1, 0.15) is 0 Å². The molecule has 2 aromatic carbocycles. The van der Waals surface area contributed by atoms with Crippen LogP contribution in [0.3, 0.4) is 0 Å². The minimum absolute atomic E-state index is 0.104. The van der Waals surface area contributed by atoms with Crippen LogP contribution in [0, 0.1) is 13.8 Å². The van der Waals surface area contributed by atoms with Crippen LogP contribution >= 0.6 is 11.6 Å². The van der Waals surface area contributed by atoms with E-state index >= 15 is 0 Å². The zero-order valence-corrected chi connectivity index (χ0v) is 16.3. The van der Waals surface area contributed by atoms with E-state index in [9.17, 15) is 4.79 Å². The highest BCUT2D eigenvalue weighted by Crippen LogP contribution is 2.17. The molecule has 0 aliphatic carbocycles. The summed E-state index contributed by atoms with van der Waals surface area (Å²) in [6, 6.07) is 12.9. The van der Waals surface area contributed by atoms with Crippen LogP contribution in [0.2, 0.25) is 5.02 Å². The van der Waals surface area contributed by atoms with E-state index in [0.717, 1.165) is 36.3 Å². The number of nitrogens with zero attached hydrogens (tertiary/aromatic N) is 1. The summed E-state index contributed by atoms with van der Waals surface area (Å²) in [5.41, 5.74) is 3.64. The molecule has 1 aliphatic heterocycles. The van der Waals surface area contributed by atoms with Gasteiger partial charge in [-0.15, -0.1) is 0 Å². The quantitative estimate of drug-likeness (QED) is 0.608. The Kier molecular flexibility index (Phi) is 6.48. The van der Waals surface area contributed by atoms with E-state index in [1.165, 1.54) is 0 Å². The first-order valence-electron chi connectivity index (χ1n) is 9.08. The van der Waals surface area contributed by atoms with E-state index in [0.29, 0.717) is 23.1 Å². The molecular weight excluding hydrogens is 362 g/mol. The normalized spacial score (nSPS) is 17.0. The van der Waals surface area contributed by atoms with Gasteiger partial charge < -0.3 is 10.1 Å². The third kappa shape index (κ3) is 5.55. The number of carbonyl (C=O) groups excluding carboxylic acids is 1. The molecule has 142 valence electrons. The first-order valence-corrected chi connectivity index (χ1v) is 9.46. The number of hydrogen-bond donors (Lipinski definition) is 2. The number of rotatable bonds is 4. The second-order valence-electron chi connectivity index (χ2n) is 6.73. The molecule has 1 atom stereocenters. The number of amides is 1. The van der Waals surface area contributed by atoms with Crippen LogP contribution in [-0.4, -0.2) is 31.1 Å². The number of anilines is 1. The maximum atomic E-state index is 12.6. The second kappa shape index (κ2) is 9.02. The van der Waals surface area contributed by atoms with Crippen molar-refractivity contribution in [3.8, 4) is 0 Å². The summed E-state index contributed by atoms with van der Waals surface area (Å²) in [4.78, 5) is 17.2. The number of benzene rings is 2. The molecule has 1 heterocycles. The smallest absolute Gasteiger partial charge is 0.257 e. The Morgan fingerprint density at radius 2 is 2.00 bits per heavy atom. The Morgan fingerprint density at radius 3 is 2.70 bits per heavy atom. The molecule has 3 rings (SSSR count). The predicted octanol–water partition coefficient (Wildman–Crippen LogP) is 4.33. The summed E-state index contributed by atoms with van der Waals surface area (Å²) in [5, 5.41) is 6.72. The fourth-order valence-electron chi connectivity index (χ4n) is 2.87. The Hall–Kier alpha value is -2.37. The number of aryl methyl sites for hydroxylation is 2. The molecule has 2 N–H and O–H groups in total. The van der Waals surface area contributed by atoms with Crippen molar-refractivity contribution in [3.63, 3.8) is 0 Å². The minimum atomic E-state index is -0.240. The highest BCUT2D eigenvalue weighted by Gasteiger charge is 2.16. The molecule has 2 aromatic rings. The number of hydrogen-bond acceptors (Lipinski definition) is 3. The van der Waals surface area contributed by atoms with Crippen LogP contribution in [0.5, 0.6) is 0 Å². The zero-order valence-electron chi connectivity index (χ0n) is 15.6. The molecular formula is C21H24ClN3O2. The summed E-state index contributed by atoms with van der Waals surface area (Å²) < 4.78 is 5.64. The first-order chi connectivity index (χ1) is 13.0. The molecule has 0 saturated carbocycles. The molecule has 0 bridgehead atoms. The van der Waals surface area contributed by atoms with Gasteiger partial charge in [-0.1, -0.05) is 23.7 Å². The van der Waals surface area contributed by atoms with Crippen molar-refractivity contribution in [3.05, 3.63) is 64.2 Å². The van der Waals surface area contributed by atoms with Crippen LogP contribution in [0.25, 0.3) is 0 Å². The Balaban J connectivity index is 1.77. The third-order valence-corrected chi connectivity index (χ3v) is 4.71. The number of guanidine groups is 1. The zero-order chi connectivity index (χ0) is 19.2. The lowest BCUT2D eigenvalue weighted by Gasteiger charge is -2.15. The van der Waals surface area contributed by atoms with Gasteiger partial charge in [0, 0.05) is 22.9 Å². The topological polar surface area (TPSA) is 62.7 Å². The van der Waals surface area contributed by atoms with E-state index in [1.54, 1.807) is 24.3 Å². The largest absolute Gasteiger partial charge is 0.376 e. The summed E-state index contributed by atoms with van der Waals surface area (Å²) in [6.45, 7) is 5.33. The number of aliphatic imine (C=N–C) groups is 1. The average Bonchev–Trinajstić information content (AvgIpc) is 3.17.